The van der Waals surface area contributed by atoms with Crippen LogP contribution in [0, 0.1) is 0 Å². The molecule has 1 aromatic heterocycles. The average Bonchev–Trinajstić information content (AvgIpc) is 2.72. The van der Waals surface area contributed by atoms with E-state index in [1.54, 1.807) is 12.1 Å². The summed E-state index contributed by atoms with van der Waals surface area (Å²) in [5.74, 6) is -0.264. The number of aromatic amines is 1. The number of nitrogens with two attached hydrogens (primary N) is 1. The zero-order valence-corrected chi connectivity index (χ0v) is 9.24. The minimum absolute atomic E-state index is 0.0227. The Labute approximate surface area is 96.6 Å². The van der Waals surface area contributed by atoms with Crippen molar-refractivity contribution in [3.63, 3.8) is 0 Å². The van der Waals surface area contributed by atoms with Crippen LogP contribution >= 0.6 is 0 Å². The van der Waals surface area contributed by atoms with Crippen LogP contribution in [0.5, 0.6) is 5.75 Å². The Morgan fingerprint density at radius 3 is 2.71 bits per heavy atom. The number of benzene rings is 1. The van der Waals surface area contributed by atoms with Crippen LogP contribution in [0.15, 0.2) is 30.5 Å². The Bertz CT molecular complexity index is 625. The van der Waals surface area contributed by atoms with Gasteiger partial charge in [0.2, 0.25) is 0 Å². The molecular formula is C9H8FN3O3S. The standard InChI is InChI=1S/C9H8FN3O3S/c10-17(14,15)16-9-5-6(1-2-7(9)11)8-3-4-12-13-8/h1-5H,11H2,(H,12,13). The molecule has 0 aliphatic heterocycles. The van der Waals surface area contributed by atoms with Crippen molar-refractivity contribution in [2.24, 2.45) is 0 Å². The van der Waals surface area contributed by atoms with Gasteiger partial charge in [-0.1, -0.05) is 9.95 Å². The Morgan fingerprint density at radius 2 is 2.12 bits per heavy atom. The van der Waals surface area contributed by atoms with Crippen LogP contribution < -0.4 is 9.92 Å². The number of nitrogen functional groups attached to an aromatic ring is 1. The zero-order chi connectivity index (χ0) is 12.5. The number of anilines is 1. The first kappa shape index (κ1) is 11.4. The van der Waals surface area contributed by atoms with Gasteiger partial charge in [0.25, 0.3) is 0 Å². The quantitative estimate of drug-likeness (QED) is 0.637. The Kier molecular flexibility index (Phi) is 2.72. The van der Waals surface area contributed by atoms with Crippen molar-refractivity contribution in [2.75, 3.05) is 5.73 Å². The predicted octanol–water partition coefficient (Wildman–Crippen LogP) is 1.25. The summed E-state index contributed by atoms with van der Waals surface area (Å²) in [6.07, 6.45) is 1.53. The molecule has 6 nitrogen and oxygen atoms in total. The van der Waals surface area contributed by atoms with E-state index >= 15 is 0 Å². The number of nitrogens with zero attached hydrogens (tertiary/aromatic N) is 1. The van der Waals surface area contributed by atoms with Crippen molar-refractivity contribution in [2.45, 2.75) is 0 Å². The van der Waals surface area contributed by atoms with Crippen LogP contribution in [0.3, 0.4) is 0 Å². The second kappa shape index (κ2) is 4.06. The van der Waals surface area contributed by atoms with E-state index in [1.165, 1.54) is 18.3 Å². The summed E-state index contributed by atoms with van der Waals surface area (Å²) in [6.45, 7) is 0. The first-order valence-electron chi connectivity index (χ1n) is 4.49. The summed E-state index contributed by atoms with van der Waals surface area (Å²) in [4.78, 5) is 0. The van der Waals surface area contributed by atoms with E-state index in [9.17, 15) is 12.3 Å². The van der Waals surface area contributed by atoms with E-state index in [4.69, 9.17) is 5.73 Å². The minimum atomic E-state index is -5.09. The molecule has 3 N–H and O–H groups in total. The van der Waals surface area contributed by atoms with Gasteiger partial charge in [-0.3, -0.25) is 5.10 Å². The lowest BCUT2D eigenvalue weighted by molar-refractivity contribution is 0.441. The van der Waals surface area contributed by atoms with Crippen molar-refractivity contribution in [3.05, 3.63) is 30.5 Å². The molecular weight excluding hydrogens is 249 g/mol. The van der Waals surface area contributed by atoms with E-state index in [2.05, 4.69) is 14.4 Å². The minimum Gasteiger partial charge on any atom is -0.396 e. The third-order valence-electron chi connectivity index (χ3n) is 2.01. The second-order valence-electron chi connectivity index (χ2n) is 3.20. The maximum Gasteiger partial charge on any atom is 0.488 e. The lowest BCUT2D eigenvalue weighted by Crippen LogP contribution is -2.03. The number of aromatic nitrogens is 2. The highest BCUT2D eigenvalue weighted by atomic mass is 32.3. The normalized spacial score (nSPS) is 11.4. The van der Waals surface area contributed by atoms with Gasteiger partial charge in [-0.2, -0.15) is 13.5 Å². The Hall–Kier alpha value is -2.09. The molecule has 2 rings (SSSR count). The first-order chi connectivity index (χ1) is 7.96. The monoisotopic (exact) mass is 257 g/mol. The third kappa shape index (κ3) is 2.72. The maximum absolute atomic E-state index is 12.4. The van der Waals surface area contributed by atoms with Gasteiger partial charge >= 0.3 is 10.5 Å². The summed E-state index contributed by atoms with van der Waals surface area (Å²) in [5, 5.41) is 6.41. The molecule has 2 aromatic rings. The van der Waals surface area contributed by atoms with Crippen molar-refractivity contribution in [3.8, 4) is 17.0 Å². The molecule has 0 bridgehead atoms. The molecule has 0 radical (unpaired) electrons. The molecule has 0 spiro atoms. The summed E-state index contributed by atoms with van der Waals surface area (Å²) in [6, 6.07) is 6.01. The molecule has 0 unspecified atom stereocenters. The summed E-state index contributed by atoms with van der Waals surface area (Å²) >= 11 is 0. The Balaban J connectivity index is 2.43. The highest BCUT2D eigenvalue weighted by Gasteiger charge is 2.13. The van der Waals surface area contributed by atoms with E-state index < -0.39 is 10.5 Å². The van der Waals surface area contributed by atoms with Crippen LogP contribution in [0.1, 0.15) is 0 Å². The SMILES string of the molecule is Nc1ccc(-c2ccn[nH]2)cc1OS(=O)(=O)F. The van der Waals surface area contributed by atoms with Crippen molar-refractivity contribution < 1.29 is 16.5 Å². The van der Waals surface area contributed by atoms with Gasteiger partial charge < -0.3 is 9.92 Å². The molecule has 0 amide bonds. The number of hydrogen-bond acceptors (Lipinski definition) is 5. The van der Waals surface area contributed by atoms with Gasteiger partial charge in [-0.05, 0) is 18.2 Å². The highest BCUT2D eigenvalue weighted by molar-refractivity contribution is 7.81. The maximum atomic E-state index is 12.4. The molecule has 0 saturated heterocycles. The third-order valence-corrected chi connectivity index (χ3v) is 2.39. The number of nitrogens with one attached hydrogen (secondary N) is 1. The van der Waals surface area contributed by atoms with Crippen molar-refractivity contribution >= 4 is 16.2 Å². The van der Waals surface area contributed by atoms with E-state index in [0.717, 1.165) is 0 Å². The molecule has 0 aliphatic rings. The largest absolute Gasteiger partial charge is 0.488 e. The first-order valence-corrected chi connectivity index (χ1v) is 5.80. The van der Waals surface area contributed by atoms with Gasteiger partial charge in [-0.25, -0.2) is 0 Å². The second-order valence-corrected chi connectivity index (χ2v) is 4.15. The lowest BCUT2D eigenvalue weighted by atomic mass is 10.1. The zero-order valence-electron chi connectivity index (χ0n) is 8.42. The number of hydrogen-bond donors (Lipinski definition) is 2. The number of H-pyrrole nitrogens is 1. The van der Waals surface area contributed by atoms with Gasteiger partial charge in [0.05, 0.1) is 11.4 Å². The molecule has 1 heterocycles. The fourth-order valence-corrected chi connectivity index (χ4v) is 1.66. The van der Waals surface area contributed by atoms with Crippen molar-refractivity contribution in [1.29, 1.82) is 0 Å². The number of rotatable bonds is 3. The molecule has 0 aliphatic carbocycles. The van der Waals surface area contributed by atoms with E-state index in [-0.39, 0.29) is 11.4 Å². The van der Waals surface area contributed by atoms with Crippen LogP contribution in [-0.4, -0.2) is 18.6 Å². The van der Waals surface area contributed by atoms with Crippen LogP contribution in [0.4, 0.5) is 9.57 Å². The van der Waals surface area contributed by atoms with Gasteiger partial charge in [0, 0.05) is 11.8 Å². The lowest BCUT2D eigenvalue weighted by Gasteiger charge is -2.05. The van der Waals surface area contributed by atoms with E-state index in [1.807, 2.05) is 0 Å². The highest BCUT2D eigenvalue weighted by Crippen LogP contribution is 2.29. The van der Waals surface area contributed by atoms with Crippen molar-refractivity contribution in [1.82, 2.24) is 10.2 Å². The fourth-order valence-electron chi connectivity index (χ4n) is 1.30. The molecule has 1 aromatic carbocycles. The Morgan fingerprint density at radius 1 is 1.35 bits per heavy atom. The summed E-state index contributed by atoms with van der Waals surface area (Å²) in [5.41, 5.74) is 6.70. The van der Waals surface area contributed by atoms with Crippen LogP contribution in [-0.2, 0) is 10.5 Å². The fraction of sp³-hybridized carbons (Fsp3) is 0. The molecule has 8 heteroatoms. The van der Waals surface area contributed by atoms with Crippen LogP contribution in [0.25, 0.3) is 11.3 Å². The molecule has 0 atom stereocenters. The van der Waals surface area contributed by atoms with Gasteiger partial charge in [0.1, 0.15) is 0 Å². The summed E-state index contributed by atoms with van der Waals surface area (Å²) < 4.78 is 37.3. The van der Waals surface area contributed by atoms with Gasteiger partial charge in [-0.15, -0.1) is 0 Å². The molecule has 90 valence electrons. The topological polar surface area (TPSA) is 98.1 Å². The van der Waals surface area contributed by atoms with Gasteiger partial charge in [0.15, 0.2) is 5.75 Å². The molecule has 0 fully saturated rings. The van der Waals surface area contributed by atoms with E-state index in [0.29, 0.717) is 11.3 Å². The molecule has 0 saturated carbocycles. The predicted molar refractivity (Wildman–Crippen MR) is 59.1 cm³/mol. The average molecular weight is 257 g/mol. The molecule has 17 heavy (non-hydrogen) atoms. The smallest absolute Gasteiger partial charge is 0.396 e. The number of halogens is 1. The van der Waals surface area contributed by atoms with Crippen LogP contribution in [0.2, 0.25) is 0 Å². The summed E-state index contributed by atoms with van der Waals surface area (Å²) in [7, 11) is -5.09.